The van der Waals surface area contributed by atoms with Crippen molar-refractivity contribution in [2.24, 2.45) is 0 Å². The first-order valence-electron chi connectivity index (χ1n) is 12.9. The fourth-order valence-electron chi connectivity index (χ4n) is 5.74. The molecule has 6 heterocycles. The Bertz CT molecular complexity index is 1570. The number of fused-ring (bicyclic) bond motifs is 1. The van der Waals surface area contributed by atoms with Crippen LogP contribution in [0.1, 0.15) is 24.8 Å². The van der Waals surface area contributed by atoms with E-state index in [0.29, 0.717) is 51.6 Å². The van der Waals surface area contributed by atoms with Crippen LogP contribution in [0, 0.1) is 11.3 Å². The smallest absolute Gasteiger partial charge is 0.346 e. The number of urea groups is 1. The first kappa shape index (κ1) is 25.8. The van der Waals surface area contributed by atoms with Crippen LogP contribution in [0.3, 0.4) is 0 Å². The zero-order valence-electron chi connectivity index (χ0n) is 21.4. The van der Waals surface area contributed by atoms with E-state index in [1.807, 2.05) is 35.4 Å². The first-order chi connectivity index (χ1) is 19.3. The van der Waals surface area contributed by atoms with E-state index >= 15 is 0 Å². The SMILES string of the molecule is N#CCC1(n2cc(-c3ccnc4[nH]ccc34)cn2)CN(C2CCN(C(=O)Nc3ccncc3C(F)(F)F)CC2)C1. The third-order valence-electron chi connectivity index (χ3n) is 7.88. The van der Waals surface area contributed by atoms with Gasteiger partial charge in [-0.25, -0.2) is 9.78 Å². The predicted octanol–water partition coefficient (Wildman–Crippen LogP) is 4.46. The molecule has 0 bridgehead atoms. The summed E-state index contributed by atoms with van der Waals surface area (Å²) in [6.45, 7) is 2.15. The number of nitrogens with zero attached hydrogens (tertiary/aromatic N) is 7. The van der Waals surface area contributed by atoms with Crippen molar-refractivity contribution in [3.63, 3.8) is 0 Å². The molecule has 0 aromatic carbocycles. The van der Waals surface area contributed by atoms with Gasteiger partial charge in [-0.2, -0.15) is 23.5 Å². The number of carbonyl (C=O) groups excluding carboxylic acids is 1. The molecular weight excluding hydrogens is 523 g/mol. The Morgan fingerprint density at radius 1 is 1.18 bits per heavy atom. The monoisotopic (exact) mass is 549 g/mol. The molecule has 0 unspecified atom stereocenters. The van der Waals surface area contributed by atoms with Gasteiger partial charge in [0.25, 0.3) is 0 Å². The maximum absolute atomic E-state index is 13.3. The molecule has 4 aromatic heterocycles. The molecule has 13 heteroatoms. The summed E-state index contributed by atoms with van der Waals surface area (Å²) >= 11 is 0. The predicted molar refractivity (Wildman–Crippen MR) is 140 cm³/mol. The molecule has 0 atom stereocenters. The fraction of sp³-hybridized carbons (Fsp3) is 0.370. The summed E-state index contributed by atoms with van der Waals surface area (Å²) in [4.78, 5) is 27.6. The molecule has 6 rings (SSSR count). The number of piperidine rings is 1. The van der Waals surface area contributed by atoms with Gasteiger partial charge in [0.05, 0.1) is 29.9 Å². The molecule has 10 nitrogen and oxygen atoms in total. The Balaban J connectivity index is 1.09. The minimum absolute atomic E-state index is 0.206. The minimum atomic E-state index is -4.61. The van der Waals surface area contributed by atoms with E-state index in [2.05, 4.69) is 36.3 Å². The lowest BCUT2D eigenvalue weighted by atomic mass is 9.84. The first-order valence-corrected chi connectivity index (χ1v) is 12.9. The highest BCUT2D eigenvalue weighted by atomic mass is 19.4. The second-order valence-corrected chi connectivity index (χ2v) is 10.3. The summed E-state index contributed by atoms with van der Waals surface area (Å²) in [5, 5.41) is 17.6. The lowest BCUT2D eigenvalue weighted by Crippen LogP contribution is -2.66. The van der Waals surface area contributed by atoms with Crippen LogP contribution in [0.4, 0.5) is 23.7 Å². The molecule has 40 heavy (non-hydrogen) atoms. The van der Waals surface area contributed by atoms with Crippen LogP contribution in [-0.2, 0) is 11.7 Å². The second-order valence-electron chi connectivity index (χ2n) is 10.3. The van der Waals surface area contributed by atoms with Crippen molar-refractivity contribution >= 4 is 22.8 Å². The normalized spacial score (nSPS) is 17.9. The van der Waals surface area contributed by atoms with Crippen LogP contribution in [0.25, 0.3) is 22.2 Å². The standard InChI is InChI=1S/C27H26F3N9O/c28-27(29,30)22-14-32-8-3-23(22)36-25(40)37-11-4-19(5-12-37)38-16-26(17-38,6-7-31)39-15-18(13-35-39)20-1-9-33-24-21(20)2-10-34-24/h1-3,8-10,13-15,19H,4-6,11-12,16-17H2,(H,33,34)(H,32,36,40). The van der Waals surface area contributed by atoms with Crippen molar-refractivity contribution in [1.29, 1.82) is 5.26 Å². The van der Waals surface area contributed by atoms with Crippen LogP contribution >= 0.6 is 0 Å². The summed E-state index contributed by atoms with van der Waals surface area (Å²) in [5.41, 5.74) is 1.04. The quantitative estimate of drug-likeness (QED) is 0.380. The highest BCUT2D eigenvalue weighted by Crippen LogP contribution is 2.38. The van der Waals surface area contributed by atoms with Gasteiger partial charge in [-0.05, 0) is 36.6 Å². The summed E-state index contributed by atoms with van der Waals surface area (Å²) in [7, 11) is 0. The van der Waals surface area contributed by atoms with Gasteiger partial charge in [0.15, 0.2) is 0 Å². The van der Waals surface area contributed by atoms with Gasteiger partial charge in [0.2, 0.25) is 0 Å². The number of likely N-dealkylation sites (tertiary alicyclic amines) is 2. The van der Waals surface area contributed by atoms with Crippen LogP contribution in [0.15, 0.2) is 55.4 Å². The Labute approximate surface area is 227 Å². The van der Waals surface area contributed by atoms with Crippen LogP contribution in [0.5, 0.6) is 0 Å². The number of nitriles is 1. The lowest BCUT2D eigenvalue weighted by Gasteiger charge is -2.53. The van der Waals surface area contributed by atoms with Crippen LogP contribution in [-0.4, -0.2) is 72.8 Å². The van der Waals surface area contributed by atoms with E-state index in [9.17, 15) is 23.2 Å². The number of hydrogen-bond donors (Lipinski definition) is 2. The van der Waals surface area contributed by atoms with Crippen molar-refractivity contribution in [2.45, 2.75) is 37.0 Å². The molecular formula is C27H26F3N9O. The van der Waals surface area contributed by atoms with Crippen molar-refractivity contribution in [1.82, 2.24) is 34.5 Å². The average Bonchev–Trinajstić information content (AvgIpc) is 3.61. The molecule has 2 amide bonds. The molecule has 4 aromatic rings. The van der Waals surface area contributed by atoms with Gasteiger partial charge in [-0.1, -0.05) is 0 Å². The van der Waals surface area contributed by atoms with Gasteiger partial charge in [0, 0.05) is 74.2 Å². The minimum Gasteiger partial charge on any atom is -0.346 e. The number of hydrogen-bond acceptors (Lipinski definition) is 6. The molecule has 2 fully saturated rings. The van der Waals surface area contributed by atoms with E-state index in [0.717, 1.165) is 28.2 Å². The third-order valence-corrected chi connectivity index (χ3v) is 7.88. The molecule has 2 aliphatic heterocycles. The number of alkyl halides is 3. The van der Waals surface area contributed by atoms with E-state index in [4.69, 9.17) is 0 Å². The maximum atomic E-state index is 13.3. The zero-order valence-corrected chi connectivity index (χ0v) is 21.4. The summed E-state index contributed by atoms with van der Waals surface area (Å²) in [5.74, 6) is 0. The number of carbonyl (C=O) groups is 1. The summed E-state index contributed by atoms with van der Waals surface area (Å²) in [6.07, 6.45) is 6.39. The Morgan fingerprint density at radius 2 is 1.98 bits per heavy atom. The second kappa shape index (κ2) is 9.95. The van der Waals surface area contributed by atoms with Crippen LogP contribution < -0.4 is 5.32 Å². The molecule has 2 saturated heterocycles. The number of amides is 2. The number of rotatable bonds is 5. The fourth-order valence-corrected chi connectivity index (χ4v) is 5.74. The maximum Gasteiger partial charge on any atom is 0.419 e. The van der Waals surface area contributed by atoms with E-state index in [1.165, 1.54) is 11.1 Å². The van der Waals surface area contributed by atoms with Gasteiger partial charge in [-0.15, -0.1) is 0 Å². The molecule has 2 N–H and O–H groups in total. The molecule has 0 spiro atoms. The molecule has 0 aliphatic carbocycles. The highest BCUT2D eigenvalue weighted by molar-refractivity contribution is 5.92. The molecule has 0 radical (unpaired) electrons. The molecule has 2 aliphatic rings. The van der Waals surface area contributed by atoms with Crippen molar-refractivity contribution in [2.75, 3.05) is 31.5 Å². The third kappa shape index (κ3) is 4.64. The Morgan fingerprint density at radius 3 is 2.73 bits per heavy atom. The molecule has 0 saturated carbocycles. The number of aromatic nitrogens is 5. The largest absolute Gasteiger partial charge is 0.419 e. The highest BCUT2D eigenvalue weighted by Gasteiger charge is 2.48. The number of pyridine rings is 2. The number of nitrogens with one attached hydrogen (secondary N) is 2. The number of halogens is 3. The summed E-state index contributed by atoms with van der Waals surface area (Å²) in [6, 6.07) is 7.04. The van der Waals surface area contributed by atoms with E-state index in [-0.39, 0.29) is 11.7 Å². The average molecular weight is 550 g/mol. The molecule has 206 valence electrons. The van der Waals surface area contributed by atoms with Crippen molar-refractivity contribution in [3.05, 3.63) is 60.9 Å². The van der Waals surface area contributed by atoms with Crippen molar-refractivity contribution in [3.8, 4) is 17.2 Å². The van der Waals surface area contributed by atoms with E-state index in [1.54, 1.807) is 6.20 Å². The zero-order chi connectivity index (χ0) is 27.9. The topological polar surface area (TPSA) is 119 Å². The van der Waals surface area contributed by atoms with Gasteiger partial charge in [-0.3, -0.25) is 14.6 Å². The summed E-state index contributed by atoms with van der Waals surface area (Å²) < 4.78 is 41.7. The van der Waals surface area contributed by atoms with Gasteiger partial charge in [0.1, 0.15) is 11.2 Å². The van der Waals surface area contributed by atoms with Crippen LogP contribution in [0.2, 0.25) is 0 Å². The van der Waals surface area contributed by atoms with Gasteiger partial charge >= 0.3 is 12.2 Å². The van der Waals surface area contributed by atoms with Gasteiger partial charge < -0.3 is 15.2 Å². The number of anilines is 1. The van der Waals surface area contributed by atoms with E-state index < -0.39 is 23.3 Å². The lowest BCUT2D eigenvalue weighted by molar-refractivity contribution is -0.137. The Hall–Kier alpha value is -4.44. The Kier molecular flexibility index (Phi) is 6.42. The number of aromatic amines is 1. The number of H-pyrrole nitrogens is 1. The van der Waals surface area contributed by atoms with Crippen molar-refractivity contribution < 1.29 is 18.0 Å².